The molecular weight excluding hydrogens is 372 g/mol. The number of nitrogens with one attached hydrogen (secondary N) is 1. The molecule has 0 saturated carbocycles. The van der Waals surface area contributed by atoms with Gasteiger partial charge in [-0.05, 0) is 36.5 Å². The van der Waals surface area contributed by atoms with E-state index in [1.165, 1.54) is 16.7 Å². The first-order valence-corrected chi connectivity index (χ1v) is 11.2. The second-order valence-electron chi connectivity index (χ2n) is 8.20. The summed E-state index contributed by atoms with van der Waals surface area (Å²) in [6.07, 6.45) is 2.50. The summed E-state index contributed by atoms with van der Waals surface area (Å²) in [6.45, 7) is 7.16. The van der Waals surface area contributed by atoms with Gasteiger partial charge in [0.15, 0.2) is 5.96 Å². The van der Waals surface area contributed by atoms with Gasteiger partial charge < -0.3 is 15.1 Å². The Kier molecular flexibility index (Phi) is 6.67. The summed E-state index contributed by atoms with van der Waals surface area (Å²) < 4.78 is 0. The summed E-state index contributed by atoms with van der Waals surface area (Å²) in [5.41, 5.74) is 3.97. The summed E-state index contributed by atoms with van der Waals surface area (Å²) in [5.74, 6) is 1.78. The van der Waals surface area contributed by atoms with E-state index in [0.717, 1.165) is 51.5 Å². The van der Waals surface area contributed by atoms with Crippen LogP contribution in [-0.2, 0) is 17.9 Å². The van der Waals surface area contributed by atoms with E-state index in [0.29, 0.717) is 18.9 Å². The number of aliphatic imine (C=N–C) groups is 1. The standard InChI is InChI=1S/C25H32N4O/c1-2-26-25(28-16-14-23(17-28)20-9-4-3-5-10-20)27-15-8-13-24(30)29-18-21-11-6-7-12-22(21)19-29/h3-7,9-12,23H,2,8,13-19H2,1H3,(H,26,27). The quantitative estimate of drug-likeness (QED) is 0.453. The van der Waals surface area contributed by atoms with Crippen molar-refractivity contribution < 1.29 is 4.79 Å². The van der Waals surface area contributed by atoms with E-state index in [4.69, 9.17) is 4.99 Å². The first kappa shape index (κ1) is 20.5. The molecule has 2 heterocycles. The third-order valence-electron chi connectivity index (χ3n) is 6.10. The van der Waals surface area contributed by atoms with Crippen molar-refractivity contribution in [1.82, 2.24) is 15.1 Å². The molecule has 1 fully saturated rings. The van der Waals surface area contributed by atoms with Crippen molar-refractivity contribution in [1.29, 1.82) is 0 Å². The average molecular weight is 405 g/mol. The second kappa shape index (κ2) is 9.79. The molecule has 1 amide bonds. The number of benzene rings is 2. The van der Waals surface area contributed by atoms with Crippen LogP contribution in [-0.4, -0.2) is 47.8 Å². The Morgan fingerprint density at radius 3 is 2.43 bits per heavy atom. The zero-order valence-electron chi connectivity index (χ0n) is 17.9. The first-order chi connectivity index (χ1) is 14.7. The highest BCUT2D eigenvalue weighted by Gasteiger charge is 2.26. The summed E-state index contributed by atoms with van der Waals surface area (Å²) >= 11 is 0. The number of rotatable bonds is 6. The lowest BCUT2D eigenvalue weighted by Crippen LogP contribution is -2.40. The van der Waals surface area contributed by atoms with Crippen LogP contribution >= 0.6 is 0 Å². The van der Waals surface area contributed by atoms with E-state index in [1.807, 2.05) is 17.0 Å². The Morgan fingerprint density at radius 1 is 1.03 bits per heavy atom. The van der Waals surface area contributed by atoms with Crippen molar-refractivity contribution in [2.24, 2.45) is 4.99 Å². The van der Waals surface area contributed by atoms with Gasteiger partial charge in [0.25, 0.3) is 0 Å². The van der Waals surface area contributed by atoms with E-state index in [-0.39, 0.29) is 5.91 Å². The summed E-state index contributed by atoms with van der Waals surface area (Å²) in [7, 11) is 0. The number of likely N-dealkylation sites (tertiary alicyclic amines) is 1. The van der Waals surface area contributed by atoms with Crippen LogP contribution < -0.4 is 5.32 Å². The number of carbonyl (C=O) groups is 1. The fourth-order valence-electron chi connectivity index (χ4n) is 4.46. The van der Waals surface area contributed by atoms with Gasteiger partial charge in [-0.15, -0.1) is 0 Å². The SMILES string of the molecule is CCNC(=NCCCC(=O)N1Cc2ccccc2C1)N1CCC(c2ccccc2)C1. The van der Waals surface area contributed by atoms with Crippen molar-refractivity contribution in [3.05, 3.63) is 71.3 Å². The highest BCUT2D eigenvalue weighted by Crippen LogP contribution is 2.27. The van der Waals surface area contributed by atoms with Crippen LogP contribution in [0.3, 0.4) is 0 Å². The van der Waals surface area contributed by atoms with E-state index in [1.54, 1.807) is 0 Å². The molecule has 0 radical (unpaired) electrons. The molecule has 5 nitrogen and oxygen atoms in total. The molecule has 0 spiro atoms. The van der Waals surface area contributed by atoms with Crippen LogP contribution in [0.15, 0.2) is 59.6 Å². The smallest absolute Gasteiger partial charge is 0.223 e. The lowest BCUT2D eigenvalue weighted by Gasteiger charge is -2.22. The number of fused-ring (bicyclic) bond motifs is 1. The number of carbonyl (C=O) groups excluding carboxylic acids is 1. The van der Waals surface area contributed by atoms with Crippen LogP contribution in [0.1, 0.15) is 48.8 Å². The van der Waals surface area contributed by atoms with Crippen molar-refractivity contribution in [2.75, 3.05) is 26.2 Å². The van der Waals surface area contributed by atoms with Gasteiger partial charge in [0.05, 0.1) is 0 Å². The molecule has 2 aromatic rings. The van der Waals surface area contributed by atoms with Crippen LogP contribution in [0.5, 0.6) is 0 Å². The van der Waals surface area contributed by atoms with Gasteiger partial charge in [-0.3, -0.25) is 9.79 Å². The monoisotopic (exact) mass is 404 g/mol. The molecule has 1 unspecified atom stereocenters. The lowest BCUT2D eigenvalue weighted by atomic mass is 9.99. The van der Waals surface area contributed by atoms with Crippen molar-refractivity contribution in [3.63, 3.8) is 0 Å². The number of guanidine groups is 1. The number of amides is 1. The molecule has 0 aliphatic carbocycles. The maximum Gasteiger partial charge on any atom is 0.223 e. The predicted octanol–water partition coefficient (Wildman–Crippen LogP) is 3.76. The van der Waals surface area contributed by atoms with Crippen LogP contribution in [0.2, 0.25) is 0 Å². The predicted molar refractivity (Wildman–Crippen MR) is 121 cm³/mol. The van der Waals surface area contributed by atoms with E-state index >= 15 is 0 Å². The molecule has 4 rings (SSSR count). The van der Waals surface area contributed by atoms with Crippen LogP contribution in [0.25, 0.3) is 0 Å². The lowest BCUT2D eigenvalue weighted by molar-refractivity contribution is -0.131. The van der Waals surface area contributed by atoms with Gasteiger partial charge >= 0.3 is 0 Å². The van der Waals surface area contributed by atoms with Gasteiger partial charge in [0.2, 0.25) is 5.91 Å². The molecule has 2 aliphatic heterocycles. The van der Waals surface area contributed by atoms with E-state index in [9.17, 15) is 4.79 Å². The van der Waals surface area contributed by atoms with Crippen molar-refractivity contribution in [2.45, 2.75) is 45.2 Å². The summed E-state index contributed by atoms with van der Waals surface area (Å²) in [6, 6.07) is 19.1. The van der Waals surface area contributed by atoms with E-state index in [2.05, 4.69) is 59.6 Å². The van der Waals surface area contributed by atoms with Gasteiger partial charge in [0.1, 0.15) is 0 Å². The van der Waals surface area contributed by atoms with Gasteiger partial charge in [0, 0.05) is 51.6 Å². The molecule has 2 aromatic carbocycles. The first-order valence-electron chi connectivity index (χ1n) is 11.2. The molecule has 2 aliphatic rings. The number of hydrogen-bond acceptors (Lipinski definition) is 2. The maximum absolute atomic E-state index is 12.6. The fourth-order valence-corrected chi connectivity index (χ4v) is 4.46. The van der Waals surface area contributed by atoms with Crippen LogP contribution in [0, 0.1) is 0 Å². The Balaban J connectivity index is 1.26. The fraction of sp³-hybridized carbons (Fsp3) is 0.440. The molecule has 1 atom stereocenters. The highest BCUT2D eigenvalue weighted by atomic mass is 16.2. The highest BCUT2D eigenvalue weighted by molar-refractivity contribution is 5.80. The molecule has 30 heavy (non-hydrogen) atoms. The maximum atomic E-state index is 12.6. The Morgan fingerprint density at radius 2 is 1.73 bits per heavy atom. The summed E-state index contributed by atoms with van der Waals surface area (Å²) in [4.78, 5) is 21.7. The average Bonchev–Trinajstić information content (AvgIpc) is 3.44. The molecule has 5 heteroatoms. The Labute approximate surface area is 179 Å². The molecule has 0 aromatic heterocycles. The Bertz CT molecular complexity index is 855. The van der Waals surface area contributed by atoms with E-state index < -0.39 is 0 Å². The summed E-state index contributed by atoms with van der Waals surface area (Å²) in [5, 5.41) is 3.43. The normalized spacial score (nSPS) is 18.6. The minimum Gasteiger partial charge on any atom is -0.357 e. The molecule has 0 bridgehead atoms. The zero-order chi connectivity index (χ0) is 20.8. The van der Waals surface area contributed by atoms with Gasteiger partial charge in [-0.1, -0.05) is 54.6 Å². The Hall–Kier alpha value is -2.82. The third-order valence-corrected chi connectivity index (χ3v) is 6.10. The third kappa shape index (κ3) is 4.84. The molecule has 1 saturated heterocycles. The van der Waals surface area contributed by atoms with Crippen molar-refractivity contribution >= 4 is 11.9 Å². The largest absolute Gasteiger partial charge is 0.357 e. The topological polar surface area (TPSA) is 47.9 Å². The second-order valence-corrected chi connectivity index (χ2v) is 8.20. The zero-order valence-corrected chi connectivity index (χ0v) is 17.9. The number of hydrogen-bond donors (Lipinski definition) is 1. The number of nitrogens with zero attached hydrogens (tertiary/aromatic N) is 3. The molecular formula is C25H32N4O. The molecule has 1 N–H and O–H groups in total. The van der Waals surface area contributed by atoms with Gasteiger partial charge in [-0.2, -0.15) is 0 Å². The molecule has 158 valence electrons. The van der Waals surface area contributed by atoms with Gasteiger partial charge in [-0.25, -0.2) is 0 Å². The minimum absolute atomic E-state index is 0.233. The van der Waals surface area contributed by atoms with Crippen LogP contribution in [0.4, 0.5) is 0 Å². The van der Waals surface area contributed by atoms with Crippen molar-refractivity contribution in [3.8, 4) is 0 Å². The minimum atomic E-state index is 0.233.